The number of aliphatic hydroxyl groups excluding tert-OH is 2. The molecule has 0 aromatic rings. The summed E-state index contributed by atoms with van der Waals surface area (Å²) in [6.45, 7) is 1.93. The van der Waals surface area contributed by atoms with Gasteiger partial charge in [-0.05, 0) is 38.5 Å². The van der Waals surface area contributed by atoms with E-state index in [9.17, 15) is 30.0 Å². The lowest BCUT2D eigenvalue weighted by Crippen LogP contribution is -2.75. The highest BCUT2D eigenvalue weighted by molar-refractivity contribution is 5.88. The molecule has 0 aromatic carbocycles. The topological polar surface area (TPSA) is 118 Å². The Bertz CT molecular complexity index is 547. The van der Waals surface area contributed by atoms with Crippen LogP contribution in [0, 0.1) is 5.41 Å². The molecule has 0 bridgehead atoms. The summed E-state index contributed by atoms with van der Waals surface area (Å²) in [6.07, 6.45) is 12.5. The fourth-order valence-electron chi connectivity index (χ4n) is 5.51. The van der Waals surface area contributed by atoms with E-state index in [1.807, 2.05) is 0 Å². The second-order valence-electron chi connectivity index (χ2n) is 10.5. The number of carboxylic acids is 2. The van der Waals surface area contributed by atoms with Crippen LogP contribution in [0.5, 0.6) is 0 Å². The first-order chi connectivity index (χ1) is 15.6. The summed E-state index contributed by atoms with van der Waals surface area (Å²) >= 11 is 0. The van der Waals surface area contributed by atoms with Crippen molar-refractivity contribution in [3.63, 3.8) is 0 Å². The zero-order valence-corrected chi connectivity index (χ0v) is 21.7. The summed E-state index contributed by atoms with van der Waals surface area (Å²) in [7, 11) is 5.19. The lowest BCUT2D eigenvalue weighted by atomic mass is 9.60. The van der Waals surface area contributed by atoms with E-state index in [4.69, 9.17) is 0 Å². The third kappa shape index (κ3) is 9.18. The van der Waals surface area contributed by atoms with E-state index in [0.717, 1.165) is 19.3 Å². The molecule has 0 aromatic heterocycles. The number of quaternary nitrogens is 1. The van der Waals surface area contributed by atoms with Crippen molar-refractivity contribution in [2.45, 2.75) is 115 Å². The standard InChI is InChI=1S/C26H51NO6/c1-5-6-7-8-9-10-11-12-13-14-20-26(24(32)33,27(2,3)4)25(23(30)31,19-17-22-29)18-15-16-21-28/h28-29H,5-22H2,1-4H3,(H-,30,31,32,33). The lowest BCUT2D eigenvalue weighted by molar-refractivity contribution is -0.924. The zero-order chi connectivity index (χ0) is 25.4. The number of likely N-dealkylation sites (N-methyl/N-ethyl adjacent to an activating group) is 1. The maximum atomic E-state index is 12.8. The number of carbonyl (C=O) groups is 2. The Hall–Kier alpha value is -1.18. The summed E-state index contributed by atoms with van der Waals surface area (Å²) in [5.41, 5.74) is -3.22. The molecule has 196 valence electrons. The zero-order valence-electron chi connectivity index (χ0n) is 21.7. The average molecular weight is 474 g/mol. The fraction of sp³-hybridized carbons (Fsp3) is 0.923. The second kappa shape index (κ2) is 16.4. The molecule has 33 heavy (non-hydrogen) atoms. The van der Waals surface area contributed by atoms with Gasteiger partial charge in [0.25, 0.3) is 0 Å². The molecule has 0 aliphatic heterocycles. The third-order valence-corrected chi connectivity index (χ3v) is 7.35. The average Bonchev–Trinajstić information content (AvgIpc) is 2.73. The van der Waals surface area contributed by atoms with Gasteiger partial charge in [-0.3, -0.25) is 4.79 Å². The molecule has 0 aliphatic rings. The van der Waals surface area contributed by atoms with Crippen LogP contribution in [0.1, 0.15) is 110 Å². The van der Waals surface area contributed by atoms with Crippen molar-refractivity contribution in [3.8, 4) is 0 Å². The number of unbranched alkanes of at least 4 members (excludes halogenated alkanes) is 10. The predicted octanol–water partition coefficient (Wildman–Crippen LogP) is 3.50. The number of rotatable bonds is 22. The molecule has 0 heterocycles. The molecule has 0 aliphatic carbocycles. The van der Waals surface area contributed by atoms with Crippen molar-refractivity contribution in [3.05, 3.63) is 0 Å². The summed E-state index contributed by atoms with van der Waals surface area (Å²) in [5.74, 6) is -2.49. The van der Waals surface area contributed by atoms with Crippen LogP contribution in [0.15, 0.2) is 0 Å². The summed E-state index contributed by atoms with van der Waals surface area (Å²) < 4.78 is -0.0659. The van der Waals surface area contributed by atoms with Crippen LogP contribution in [0.3, 0.4) is 0 Å². The third-order valence-electron chi connectivity index (χ3n) is 7.35. The number of aliphatic hydroxyl groups is 2. The van der Waals surface area contributed by atoms with Gasteiger partial charge in [0.1, 0.15) is 11.4 Å². The number of hydrogen-bond donors (Lipinski definition) is 3. The van der Waals surface area contributed by atoms with Crippen molar-refractivity contribution >= 4 is 11.9 Å². The first-order valence-corrected chi connectivity index (χ1v) is 13.1. The number of hydrogen-bond acceptors (Lipinski definition) is 5. The molecule has 0 fully saturated rings. The largest absolute Gasteiger partial charge is 0.544 e. The van der Waals surface area contributed by atoms with Crippen LogP contribution in [0.4, 0.5) is 0 Å². The van der Waals surface area contributed by atoms with E-state index < -0.39 is 22.9 Å². The van der Waals surface area contributed by atoms with Crippen LogP contribution in [0.2, 0.25) is 0 Å². The number of nitrogens with zero attached hydrogens (tertiary/aromatic N) is 1. The molecular weight excluding hydrogens is 422 g/mol. The van der Waals surface area contributed by atoms with Gasteiger partial charge in [0.2, 0.25) is 0 Å². The van der Waals surface area contributed by atoms with Gasteiger partial charge in [-0.2, -0.15) is 0 Å². The minimum atomic E-state index is -1.64. The van der Waals surface area contributed by atoms with Crippen molar-refractivity contribution < 1.29 is 34.5 Å². The van der Waals surface area contributed by atoms with Crippen LogP contribution in [-0.4, -0.2) is 71.6 Å². The van der Waals surface area contributed by atoms with Gasteiger partial charge in [0, 0.05) is 19.6 Å². The van der Waals surface area contributed by atoms with E-state index in [1.54, 1.807) is 21.1 Å². The highest BCUT2D eigenvalue weighted by atomic mass is 16.4. The van der Waals surface area contributed by atoms with E-state index in [-0.39, 0.29) is 43.4 Å². The van der Waals surface area contributed by atoms with Gasteiger partial charge >= 0.3 is 5.97 Å². The van der Waals surface area contributed by atoms with Gasteiger partial charge < -0.3 is 29.7 Å². The van der Waals surface area contributed by atoms with Crippen molar-refractivity contribution in [2.75, 3.05) is 34.4 Å². The molecule has 0 saturated heterocycles. The first kappa shape index (κ1) is 31.8. The normalized spacial score (nSPS) is 15.7. The molecule has 2 unspecified atom stereocenters. The fourth-order valence-corrected chi connectivity index (χ4v) is 5.51. The summed E-state index contributed by atoms with van der Waals surface area (Å²) in [5, 5.41) is 41.9. The van der Waals surface area contributed by atoms with E-state index in [2.05, 4.69) is 6.92 Å². The Balaban J connectivity index is 5.54. The Labute approximate surface area is 201 Å². The Morgan fingerprint density at radius 1 is 0.697 bits per heavy atom. The molecule has 0 radical (unpaired) electrons. The van der Waals surface area contributed by atoms with Gasteiger partial charge in [-0.15, -0.1) is 0 Å². The Morgan fingerprint density at radius 3 is 1.52 bits per heavy atom. The van der Waals surface area contributed by atoms with Gasteiger partial charge in [-0.1, -0.05) is 64.7 Å². The molecule has 2 atom stereocenters. The molecule has 7 nitrogen and oxygen atoms in total. The smallest absolute Gasteiger partial charge is 0.316 e. The number of aliphatic carboxylic acids is 2. The summed E-state index contributed by atoms with van der Waals surface area (Å²) in [4.78, 5) is 25.6. The van der Waals surface area contributed by atoms with E-state index in [0.29, 0.717) is 19.3 Å². The van der Waals surface area contributed by atoms with Crippen LogP contribution >= 0.6 is 0 Å². The van der Waals surface area contributed by atoms with Crippen LogP contribution in [-0.2, 0) is 9.59 Å². The van der Waals surface area contributed by atoms with Crippen molar-refractivity contribution in [2.24, 2.45) is 5.41 Å². The van der Waals surface area contributed by atoms with Gasteiger partial charge in [-0.25, -0.2) is 0 Å². The maximum Gasteiger partial charge on any atom is 0.316 e. The summed E-state index contributed by atoms with van der Waals surface area (Å²) in [6, 6.07) is 0. The minimum Gasteiger partial charge on any atom is -0.544 e. The number of carboxylic acid groups (broad SMARTS) is 2. The molecule has 0 spiro atoms. The van der Waals surface area contributed by atoms with Crippen LogP contribution in [0.25, 0.3) is 0 Å². The van der Waals surface area contributed by atoms with E-state index in [1.165, 1.54) is 38.5 Å². The molecule has 0 rings (SSSR count). The van der Waals surface area contributed by atoms with Crippen molar-refractivity contribution in [1.82, 2.24) is 0 Å². The minimum absolute atomic E-state index is 0.0610. The molecule has 3 N–H and O–H groups in total. The quantitative estimate of drug-likeness (QED) is 0.164. The molecule has 0 amide bonds. The van der Waals surface area contributed by atoms with Crippen molar-refractivity contribution in [1.29, 1.82) is 0 Å². The second-order valence-corrected chi connectivity index (χ2v) is 10.5. The molecule has 0 saturated carbocycles. The maximum absolute atomic E-state index is 12.8. The Kier molecular flexibility index (Phi) is 15.9. The SMILES string of the molecule is CCCCCCCCCCCCC(C(=O)[O-])(C(CCCO)(CCCCO)C(=O)O)[N+](C)(C)C. The van der Waals surface area contributed by atoms with Gasteiger partial charge in [0.05, 0.1) is 21.1 Å². The van der Waals surface area contributed by atoms with E-state index >= 15 is 0 Å². The first-order valence-electron chi connectivity index (χ1n) is 13.1. The highest BCUT2D eigenvalue weighted by Gasteiger charge is 2.64. The Morgan fingerprint density at radius 2 is 1.12 bits per heavy atom. The molecule has 7 heteroatoms. The van der Waals surface area contributed by atoms with Gasteiger partial charge in [0.15, 0.2) is 5.54 Å². The molecular formula is C26H51NO6. The highest BCUT2D eigenvalue weighted by Crippen LogP contribution is 2.49. The monoisotopic (exact) mass is 473 g/mol. The lowest BCUT2D eigenvalue weighted by Gasteiger charge is -2.56. The predicted molar refractivity (Wildman–Crippen MR) is 130 cm³/mol. The number of carbonyl (C=O) groups excluding carboxylic acids is 1. The van der Waals surface area contributed by atoms with Crippen LogP contribution < -0.4 is 5.11 Å².